The Morgan fingerprint density at radius 3 is 2.56 bits per heavy atom. The number of aromatic nitrogens is 1. The van der Waals surface area contributed by atoms with Crippen LogP contribution in [0.4, 0.5) is 0 Å². The molecule has 1 aromatic heterocycles. The van der Waals surface area contributed by atoms with Crippen LogP contribution in [-0.4, -0.2) is 29.7 Å². The van der Waals surface area contributed by atoms with Crippen molar-refractivity contribution < 1.29 is 18.3 Å². The number of pyridine rings is 1. The fraction of sp³-hybridized carbons (Fsp3) is 0.455. The lowest BCUT2D eigenvalue weighted by Crippen LogP contribution is -2.35. The number of carboxylic acid groups (broad SMARTS) is 1. The first-order valence-electron chi connectivity index (χ1n) is 5.28. The van der Waals surface area contributed by atoms with Gasteiger partial charge in [0, 0.05) is 12.4 Å². The number of halogens is 1. The second kappa shape index (κ2) is 5.67. The SMILES string of the molecule is CC(C)C(C(=O)O)S(=O)(=O)Cc1ccncc1Cl. The summed E-state index contributed by atoms with van der Waals surface area (Å²) in [5.74, 6) is -2.24. The molecule has 0 spiro atoms. The van der Waals surface area contributed by atoms with Crippen molar-refractivity contribution in [2.75, 3.05) is 0 Å². The lowest BCUT2D eigenvalue weighted by molar-refractivity contribution is -0.137. The first-order valence-corrected chi connectivity index (χ1v) is 7.38. The zero-order chi connectivity index (χ0) is 13.9. The molecule has 5 nitrogen and oxygen atoms in total. The van der Waals surface area contributed by atoms with E-state index in [1.807, 2.05) is 0 Å². The summed E-state index contributed by atoms with van der Waals surface area (Å²) in [5.41, 5.74) is 0.360. The van der Waals surface area contributed by atoms with Crippen LogP contribution in [0.15, 0.2) is 18.5 Å². The van der Waals surface area contributed by atoms with Crippen LogP contribution in [0.5, 0.6) is 0 Å². The van der Waals surface area contributed by atoms with Gasteiger partial charge < -0.3 is 5.11 Å². The molecule has 0 bridgehead atoms. The largest absolute Gasteiger partial charge is 0.480 e. The number of aliphatic carboxylic acids is 1. The van der Waals surface area contributed by atoms with E-state index < -0.39 is 32.7 Å². The predicted octanol–water partition coefficient (Wildman–Crippen LogP) is 1.76. The highest BCUT2D eigenvalue weighted by Crippen LogP contribution is 2.22. The summed E-state index contributed by atoms with van der Waals surface area (Å²) in [5, 5.41) is 7.79. The maximum atomic E-state index is 12.1. The highest BCUT2D eigenvalue weighted by atomic mass is 35.5. The Morgan fingerprint density at radius 2 is 2.11 bits per heavy atom. The zero-order valence-electron chi connectivity index (χ0n) is 10.00. The zero-order valence-corrected chi connectivity index (χ0v) is 11.6. The van der Waals surface area contributed by atoms with Crippen molar-refractivity contribution in [1.82, 2.24) is 4.98 Å². The van der Waals surface area contributed by atoms with Gasteiger partial charge in [-0.25, -0.2) is 8.42 Å². The Labute approximate surface area is 111 Å². The molecule has 1 unspecified atom stereocenters. The number of hydrogen-bond acceptors (Lipinski definition) is 4. The van der Waals surface area contributed by atoms with E-state index in [0.29, 0.717) is 5.56 Å². The molecule has 1 rings (SSSR count). The second-order valence-electron chi connectivity index (χ2n) is 4.28. The maximum absolute atomic E-state index is 12.1. The van der Waals surface area contributed by atoms with E-state index in [4.69, 9.17) is 16.7 Å². The predicted molar refractivity (Wildman–Crippen MR) is 68.1 cm³/mol. The van der Waals surface area contributed by atoms with Gasteiger partial charge in [0.2, 0.25) is 0 Å². The van der Waals surface area contributed by atoms with Gasteiger partial charge in [-0.3, -0.25) is 9.78 Å². The first kappa shape index (κ1) is 14.9. The van der Waals surface area contributed by atoms with Crippen molar-refractivity contribution in [3.8, 4) is 0 Å². The fourth-order valence-electron chi connectivity index (χ4n) is 1.68. The monoisotopic (exact) mass is 291 g/mol. The normalized spacial score (nSPS) is 13.6. The quantitative estimate of drug-likeness (QED) is 0.893. The van der Waals surface area contributed by atoms with Gasteiger partial charge >= 0.3 is 5.97 Å². The van der Waals surface area contributed by atoms with Crippen molar-refractivity contribution >= 4 is 27.4 Å². The summed E-state index contributed by atoms with van der Waals surface area (Å²) < 4.78 is 24.2. The molecule has 0 amide bonds. The summed E-state index contributed by atoms with van der Waals surface area (Å²) in [7, 11) is -3.81. The molecule has 0 fully saturated rings. The standard InChI is InChI=1S/C11H14ClNO4S/c1-7(2)10(11(14)15)18(16,17)6-8-3-4-13-5-9(8)12/h3-5,7,10H,6H2,1-2H3,(H,14,15). The summed E-state index contributed by atoms with van der Waals surface area (Å²) in [6.07, 6.45) is 2.75. The average Bonchev–Trinajstić information content (AvgIpc) is 2.19. The molecule has 1 heterocycles. The molecule has 7 heteroatoms. The van der Waals surface area contributed by atoms with Gasteiger partial charge in [-0.1, -0.05) is 25.4 Å². The Kier molecular flexibility index (Phi) is 4.70. The second-order valence-corrected chi connectivity index (χ2v) is 6.81. The van der Waals surface area contributed by atoms with Gasteiger partial charge in [0.1, 0.15) is 0 Å². The van der Waals surface area contributed by atoms with E-state index in [1.165, 1.54) is 18.5 Å². The van der Waals surface area contributed by atoms with Crippen LogP contribution in [-0.2, 0) is 20.4 Å². The summed E-state index contributed by atoms with van der Waals surface area (Å²) in [6, 6.07) is 1.47. The molecular weight excluding hydrogens is 278 g/mol. The van der Waals surface area contributed by atoms with Gasteiger partial charge in [0.15, 0.2) is 15.1 Å². The minimum absolute atomic E-state index is 0.217. The topological polar surface area (TPSA) is 84.3 Å². The Hall–Kier alpha value is -1.14. The molecule has 0 saturated carbocycles. The van der Waals surface area contributed by atoms with Crippen molar-refractivity contribution in [3.05, 3.63) is 29.0 Å². The van der Waals surface area contributed by atoms with Crippen LogP contribution in [0, 0.1) is 5.92 Å². The molecule has 0 aromatic carbocycles. The van der Waals surface area contributed by atoms with Crippen LogP contribution >= 0.6 is 11.6 Å². The molecule has 1 atom stereocenters. The molecular formula is C11H14ClNO4S. The number of sulfone groups is 1. The molecule has 18 heavy (non-hydrogen) atoms. The van der Waals surface area contributed by atoms with E-state index in [2.05, 4.69) is 4.98 Å². The molecule has 0 radical (unpaired) electrons. The van der Waals surface area contributed by atoms with E-state index in [0.717, 1.165) is 0 Å². The number of rotatable bonds is 5. The Balaban J connectivity index is 3.08. The first-order chi connectivity index (χ1) is 8.25. The lowest BCUT2D eigenvalue weighted by atomic mass is 10.1. The molecule has 0 aliphatic carbocycles. The van der Waals surface area contributed by atoms with Crippen molar-refractivity contribution in [2.24, 2.45) is 5.92 Å². The third-order valence-corrected chi connectivity index (χ3v) is 5.02. The van der Waals surface area contributed by atoms with Crippen molar-refractivity contribution in [2.45, 2.75) is 24.9 Å². The third kappa shape index (κ3) is 3.43. The van der Waals surface area contributed by atoms with E-state index >= 15 is 0 Å². The van der Waals surface area contributed by atoms with Crippen LogP contribution < -0.4 is 0 Å². The van der Waals surface area contributed by atoms with Crippen molar-refractivity contribution in [1.29, 1.82) is 0 Å². The van der Waals surface area contributed by atoms with Crippen LogP contribution in [0.1, 0.15) is 19.4 Å². The molecule has 1 N–H and O–H groups in total. The van der Waals surface area contributed by atoms with Crippen LogP contribution in [0.3, 0.4) is 0 Å². The number of hydrogen-bond donors (Lipinski definition) is 1. The van der Waals surface area contributed by atoms with Gasteiger partial charge in [0.05, 0.1) is 10.8 Å². The van der Waals surface area contributed by atoms with Crippen molar-refractivity contribution in [3.63, 3.8) is 0 Å². The van der Waals surface area contributed by atoms with E-state index in [1.54, 1.807) is 13.8 Å². The summed E-state index contributed by atoms with van der Waals surface area (Å²) in [4.78, 5) is 14.8. The third-order valence-electron chi connectivity index (χ3n) is 2.45. The van der Waals surface area contributed by atoms with Gasteiger partial charge in [-0.05, 0) is 17.5 Å². The van der Waals surface area contributed by atoms with E-state index in [9.17, 15) is 13.2 Å². The Morgan fingerprint density at radius 1 is 1.50 bits per heavy atom. The average molecular weight is 292 g/mol. The number of nitrogens with zero attached hydrogens (tertiary/aromatic N) is 1. The van der Waals surface area contributed by atoms with Crippen LogP contribution in [0.25, 0.3) is 0 Å². The summed E-state index contributed by atoms with van der Waals surface area (Å²) >= 11 is 5.82. The Bertz CT molecular complexity index is 542. The minimum Gasteiger partial charge on any atom is -0.480 e. The van der Waals surface area contributed by atoms with Crippen LogP contribution in [0.2, 0.25) is 5.02 Å². The summed E-state index contributed by atoms with van der Waals surface area (Å²) in [6.45, 7) is 3.12. The molecule has 0 aliphatic rings. The molecule has 0 aliphatic heterocycles. The highest BCUT2D eigenvalue weighted by molar-refractivity contribution is 7.92. The number of carbonyl (C=O) groups is 1. The maximum Gasteiger partial charge on any atom is 0.322 e. The fourth-order valence-corrected chi connectivity index (χ4v) is 3.95. The van der Waals surface area contributed by atoms with Gasteiger partial charge in [-0.15, -0.1) is 0 Å². The van der Waals surface area contributed by atoms with Gasteiger partial charge in [0.25, 0.3) is 0 Å². The van der Waals surface area contributed by atoms with Gasteiger partial charge in [-0.2, -0.15) is 0 Å². The molecule has 0 saturated heterocycles. The minimum atomic E-state index is -3.81. The molecule has 1 aromatic rings. The number of carboxylic acids is 1. The smallest absolute Gasteiger partial charge is 0.322 e. The van der Waals surface area contributed by atoms with E-state index in [-0.39, 0.29) is 5.02 Å². The highest BCUT2D eigenvalue weighted by Gasteiger charge is 2.35. The molecule has 100 valence electrons. The lowest BCUT2D eigenvalue weighted by Gasteiger charge is -2.17.